The molecule has 0 aliphatic rings. The van der Waals surface area contributed by atoms with E-state index < -0.39 is 28.5 Å². The average Bonchev–Trinajstić information content (AvgIpc) is 2.91. The maximum absolute atomic E-state index is 13.8. The molecule has 0 aromatic heterocycles. The Hall–Kier alpha value is -3.56. The number of rotatable bonds is 10. The van der Waals surface area contributed by atoms with Crippen molar-refractivity contribution in [2.24, 2.45) is 0 Å². The molecule has 0 fully saturated rings. The first-order valence-electron chi connectivity index (χ1n) is 11.6. The number of nitrogens with one attached hydrogen (secondary N) is 1. The molecule has 37 heavy (non-hydrogen) atoms. The number of halogens is 1. The average molecular weight is 544 g/mol. The third kappa shape index (κ3) is 6.61. The first-order valence-corrected chi connectivity index (χ1v) is 13.4. The Morgan fingerprint density at radius 3 is 2.38 bits per heavy atom. The van der Waals surface area contributed by atoms with E-state index in [1.807, 2.05) is 0 Å². The molecule has 0 saturated carbocycles. The molecule has 0 aliphatic heterocycles. The number of sulfonamides is 1. The number of hydrogen-bond acceptors (Lipinski definition) is 5. The van der Waals surface area contributed by atoms with Crippen LogP contribution in [0.2, 0.25) is 5.02 Å². The summed E-state index contributed by atoms with van der Waals surface area (Å²) >= 11 is 6.22. The van der Waals surface area contributed by atoms with E-state index in [4.69, 9.17) is 16.3 Å². The second kappa shape index (κ2) is 12.1. The predicted molar refractivity (Wildman–Crippen MR) is 144 cm³/mol. The fourth-order valence-corrected chi connectivity index (χ4v) is 5.50. The van der Waals surface area contributed by atoms with Crippen LogP contribution in [0, 0.1) is 6.92 Å². The number of hydrogen-bond donors (Lipinski definition) is 1. The molecule has 0 heterocycles. The standard InChI is InChI=1S/C27H30ClN3O5S/c1-19-13-14-22(28)16-25(19)31(37(34,35)24-11-6-5-7-12-24)18-26(32)30(20(2)27(33)29-3)17-21-9-8-10-23(15-21)36-4/h5-16,20H,17-18H2,1-4H3,(H,29,33)/t20-/m1/s1. The van der Waals surface area contributed by atoms with Gasteiger partial charge in [0.15, 0.2) is 0 Å². The van der Waals surface area contributed by atoms with E-state index in [1.165, 1.54) is 37.3 Å². The van der Waals surface area contributed by atoms with Crippen molar-refractivity contribution in [2.45, 2.75) is 31.3 Å². The predicted octanol–water partition coefficient (Wildman–Crippen LogP) is 4.02. The summed E-state index contributed by atoms with van der Waals surface area (Å²) in [7, 11) is -1.13. The van der Waals surface area contributed by atoms with E-state index in [2.05, 4.69) is 5.32 Å². The molecule has 196 valence electrons. The fourth-order valence-electron chi connectivity index (χ4n) is 3.84. The van der Waals surface area contributed by atoms with Crippen molar-refractivity contribution in [3.63, 3.8) is 0 Å². The van der Waals surface area contributed by atoms with Crippen molar-refractivity contribution in [1.29, 1.82) is 0 Å². The van der Waals surface area contributed by atoms with Crippen molar-refractivity contribution >= 4 is 39.1 Å². The molecule has 0 aliphatic carbocycles. The van der Waals surface area contributed by atoms with E-state index in [-0.39, 0.29) is 23.0 Å². The zero-order valence-electron chi connectivity index (χ0n) is 21.1. The summed E-state index contributed by atoms with van der Waals surface area (Å²) in [5, 5.41) is 2.89. The molecule has 3 aromatic carbocycles. The van der Waals surface area contributed by atoms with Crippen LogP contribution in [0.3, 0.4) is 0 Å². The van der Waals surface area contributed by atoms with E-state index in [9.17, 15) is 18.0 Å². The summed E-state index contributed by atoms with van der Waals surface area (Å²) in [5.41, 5.74) is 1.62. The number of anilines is 1. The number of carbonyl (C=O) groups is 2. The number of carbonyl (C=O) groups excluding carboxylic acids is 2. The number of methoxy groups -OCH3 is 1. The summed E-state index contributed by atoms with van der Waals surface area (Å²) in [6.45, 7) is 2.87. The molecule has 0 spiro atoms. The molecule has 3 rings (SSSR count). The van der Waals surface area contributed by atoms with E-state index in [0.29, 0.717) is 16.3 Å². The molecule has 0 bridgehead atoms. The number of likely N-dealkylation sites (N-methyl/N-ethyl adjacent to an activating group) is 1. The number of nitrogens with zero attached hydrogens (tertiary/aromatic N) is 2. The van der Waals surface area contributed by atoms with Crippen LogP contribution in [0.15, 0.2) is 77.7 Å². The van der Waals surface area contributed by atoms with E-state index in [1.54, 1.807) is 68.4 Å². The minimum Gasteiger partial charge on any atom is -0.497 e. The third-order valence-electron chi connectivity index (χ3n) is 5.95. The fraction of sp³-hybridized carbons (Fsp3) is 0.259. The van der Waals surface area contributed by atoms with Crippen LogP contribution in [0.5, 0.6) is 5.75 Å². The molecule has 8 nitrogen and oxygen atoms in total. The normalized spacial score (nSPS) is 11.9. The second-order valence-electron chi connectivity index (χ2n) is 8.42. The van der Waals surface area contributed by atoms with Gasteiger partial charge in [-0.05, 0) is 61.4 Å². The van der Waals surface area contributed by atoms with Crippen molar-refractivity contribution in [1.82, 2.24) is 10.2 Å². The monoisotopic (exact) mass is 543 g/mol. The van der Waals surface area contributed by atoms with Gasteiger partial charge in [-0.1, -0.05) is 48.0 Å². The highest BCUT2D eigenvalue weighted by Gasteiger charge is 2.33. The largest absolute Gasteiger partial charge is 0.497 e. The molecule has 0 radical (unpaired) electrons. The lowest BCUT2D eigenvalue weighted by Crippen LogP contribution is -2.50. The Morgan fingerprint density at radius 2 is 1.73 bits per heavy atom. The summed E-state index contributed by atoms with van der Waals surface area (Å²) in [6.07, 6.45) is 0. The lowest BCUT2D eigenvalue weighted by Gasteiger charge is -2.32. The van der Waals surface area contributed by atoms with Gasteiger partial charge in [-0.2, -0.15) is 0 Å². The Kier molecular flexibility index (Phi) is 9.18. The topological polar surface area (TPSA) is 96.0 Å². The molecule has 3 aromatic rings. The lowest BCUT2D eigenvalue weighted by molar-refractivity contribution is -0.139. The van der Waals surface area contributed by atoms with Crippen LogP contribution in [0.25, 0.3) is 0 Å². The van der Waals surface area contributed by atoms with Gasteiger partial charge in [-0.15, -0.1) is 0 Å². The Morgan fingerprint density at radius 1 is 1.03 bits per heavy atom. The van der Waals surface area contributed by atoms with Crippen molar-refractivity contribution in [3.8, 4) is 5.75 Å². The van der Waals surface area contributed by atoms with Gasteiger partial charge in [0, 0.05) is 18.6 Å². The molecule has 1 atom stereocenters. The maximum Gasteiger partial charge on any atom is 0.264 e. The van der Waals surface area contributed by atoms with Crippen LogP contribution < -0.4 is 14.4 Å². The first kappa shape index (κ1) is 28.0. The zero-order chi connectivity index (χ0) is 27.2. The Balaban J connectivity index is 2.07. The maximum atomic E-state index is 13.8. The van der Waals surface area contributed by atoms with Gasteiger partial charge in [0.25, 0.3) is 10.0 Å². The lowest BCUT2D eigenvalue weighted by atomic mass is 10.1. The van der Waals surface area contributed by atoms with Gasteiger partial charge in [0.05, 0.1) is 17.7 Å². The van der Waals surface area contributed by atoms with Gasteiger partial charge >= 0.3 is 0 Å². The smallest absolute Gasteiger partial charge is 0.264 e. The Bertz CT molecular complexity index is 1370. The third-order valence-corrected chi connectivity index (χ3v) is 7.96. The highest BCUT2D eigenvalue weighted by Crippen LogP contribution is 2.30. The number of aryl methyl sites for hydroxylation is 1. The SMILES string of the molecule is CNC(=O)[C@@H](C)N(Cc1cccc(OC)c1)C(=O)CN(c1cc(Cl)ccc1C)S(=O)(=O)c1ccccc1. The molecule has 10 heteroatoms. The molecular weight excluding hydrogens is 514 g/mol. The summed E-state index contributed by atoms with van der Waals surface area (Å²) < 4.78 is 33.9. The molecule has 2 amide bonds. The van der Waals surface area contributed by atoms with Gasteiger partial charge in [-0.3, -0.25) is 13.9 Å². The van der Waals surface area contributed by atoms with Crippen LogP contribution in [0.4, 0.5) is 5.69 Å². The van der Waals surface area contributed by atoms with Crippen molar-refractivity contribution in [3.05, 3.63) is 88.9 Å². The minimum atomic E-state index is -4.15. The van der Waals surface area contributed by atoms with Crippen LogP contribution in [-0.2, 0) is 26.2 Å². The van der Waals surface area contributed by atoms with E-state index in [0.717, 1.165) is 9.87 Å². The Labute approximate surface area is 222 Å². The zero-order valence-corrected chi connectivity index (χ0v) is 22.7. The minimum absolute atomic E-state index is 0.0286. The number of ether oxygens (including phenoxy) is 1. The van der Waals surface area contributed by atoms with Gasteiger partial charge in [0.1, 0.15) is 18.3 Å². The quantitative estimate of drug-likeness (QED) is 0.417. The molecule has 1 N–H and O–H groups in total. The van der Waals surface area contributed by atoms with Gasteiger partial charge < -0.3 is 15.0 Å². The van der Waals surface area contributed by atoms with Crippen LogP contribution >= 0.6 is 11.6 Å². The highest BCUT2D eigenvalue weighted by atomic mass is 35.5. The summed E-state index contributed by atoms with van der Waals surface area (Å²) in [6, 6.07) is 19.0. The summed E-state index contributed by atoms with van der Waals surface area (Å²) in [5.74, 6) is -0.342. The molecule has 0 saturated heterocycles. The second-order valence-corrected chi connectivity index (χ2v) is 10.7. The first-order chi connectivity index (χ1) is 17.6. The summed E-state index contributed by atoms with van der Waals surface area (Å²) in [4.78, 5) is 27.7. The van der Waals surface area contributed by atoms with Crippen LogP contribution in [0.1, 0.15) is 18.1 Å². The number of benzene rings is 3. The van der Waals surface area contributed by atoms with Gasteiger partial charge in [-0.25, -0.2) is 8.42 Å². The van der Waals surface area contributed by atoms with Crippen molar-refractivity contribution < 1.29 is 22.7 Å². The van der Waals surface area contributed by atoms with Crippen LogP contribution in [-0.4, -0.2) is 51.9 Å². The van der Waals surface area contributed by atoms with E-state index >= 15 is 0 Å². The van der Waals surface area contributed by atoms with Gasteiger partial charge in [0.2, 0.25) is 11.8 Å². The number of amides is 2. The van der Waals surface area contributed by atoms with Crippen molar-refractivity contribution in [2.75, 3.05) is 25.0 Å². The molecular formula is C27H30ClN3O5S. The highest BCUT2D eigenvalue weighted by molar-refractivity contribution is 7.92. The molecule has 0 unspecified atom stereocenters.